The third-order valence-electron chi connectivity index (χ3n) is 1.78. The molecule has 1 rings (SSSR count). The van der Waals surface area contributed by atoms with Crippen molar-refractivity contribution in [2.75, 3.05) is 5.43 Å². The van der Waals surface area contributed by atoms with Gasteiger partial charge >= 0.3 is 10.5 Å². The van der Waals surface area contributed by atoms with Crippen molar-refractivity contribution in [2.45, 2.75) is 10.5 Å². The van der Waals surface area contributed by atoms with Crippen molar-refractivity contribution in [3.63, 3.8) is 0 Å². The Kier molecular flexibility index (Phi) is 3.38. The van der Waals surface area contributed by atoms with E-state index in [0.717, 1.165) is 6.07 Å². The Balaban J connectivity index is 3.26. The van der Waals surface area contributed by atoms with E-state index in [1.54, 1.807) is 0 Å². The van der Waals surface area contributed by atoms with Crippen LogP contribution in [0.2, 0.25) is 0 Å². The average molecular weight is 259 g/mol. The van der Waals surface area contributed by atoms with Crippen LogP contribution in [0.25, 0.3) is 0 Å². The van der Waals surface area contributed by atoms with Crippen LogP contribution in [-0.2, 0) is 5.92 Å². The lowest BCUT2D eigenvalue weighted by Crippen LogP contribution is -2.32. The SMILES string of the molecule is NNc1ccccc1C(F)(F)C(F)(Cl)Cl. The van der Waals surface area contributed by atoms with Gasteiger partial charge in [-0.1, -0.05) is 41.4 Å². The Bertz CT molecular complexity index is 352. The molecule has 0 aliphatic rings. The lowest BCUT2D eigenvalue weighted by molar-refractivity contribution is -0.0644. The summed E-state index contributed by atoms with van der Waals surface area (Å²) in [5.41, 5.74) is 1.15. The quantitative estimate of drug-likeness (QED) is 0.497. The maximum absolute atomic E-state index is 13.4. The van der Waals surface area contributed by atoms with Gasteiger partial charge in [-0.15, -0.1) is 0 Å². The largest absolute Gasteiger partial charge is 0.336 e. The number of nitrogen functional groups attached to an aromatic ring is 1. The van der Waals surface area contributed by atoms with Gasteiger partial charge < -0.3 is 5.43 Å². The molecule has 0 spiro atoms. The number of hydrogen-bond donors (Lipinski definition) is 2. The van der Waals surface area contributed by atoms with Crippen molar-refractivity contribution in [2.24, 2.45) is 5.84 Å². The maximum Gasteiger partial charge on any atom is 0.336 e. The summed E-state index contributed by atoms with van der Waals surface area (Å²) in [5, 5.41) is 0. The molecule has 1 aromatic rings. The van der Waals surface area contributed by atoms with Gasteiger partial charge in [-0.05, 0) is 6.07 Å². The summed E-state index contributed by atoms with van der Waals surface area (Å²) >= 11 is 9.54. The van der Waals surface area contributed by atoms with Crippen LogP contribution in [0.5, 0.6) is 0 Å². The van der Waals surface area contributed by atoms with E-state index >= 15 is 0 Å². The molecule has 0 amide bonds. The highest BCUT2D eigenvalue weighted by Gasteiger charge is 2.55. The molecule has 15 heavy (non-hydrogen) atoms. The number of hydrazine groups is 1. The number of nitrogens with two attached hydrogens (primary N) is 1. The number of alkyl halides is 5. The minimum absolute atomic E-state index is 0.147. The molecule has 1 aromatic carbocycles. The van der Waals surface area contributed by atoms with Crippen LogP contribution in [0, 0.1) is 0 Å². The van der Waals surface area contributed by atoms with E-state index < -0.39 is 16.1 Å². The van der Waals surface area contributed by atoms with Gasteiger partial charge in [0, 0.05) is 0 Å². The standard InChI is InChI=1S/C8H7Cl2F3N2/c9-8(10,13)7(11,12)5-3-1-2-4-6(5)15-14/h1-4,15H,14H2. The lowest BCUT2D eigenvalue weighted by Gasteiger charge is -2.24. The molecule has 7 heteroatoms. The van der Waals surface area contributed by atoms with Crippen LogP contribution in [0.1, 0.15) is 5.56 Å². The number of anilines is 1. The molecule has 0 unspecified atom stereocenters. The molecule has 84 valence electrons. The number of halogens is 5. The number of para-hydroxylation sites is 1. The zero-order valence-electron chi connectivity index (χ0n) is 7.28. The highest BCUT2D eigenvalue weighted by atomic mass is 35.5. The molecule has 0 aliphatic heterocycles. The Hall–Kier alpha value is -0.650. The molecule has 0 aliphatic carbocycles. The molecule has 0 aromatic heterocycles. The summed E-state index contributed by atoms with van der Waals surface area (Å²) in [5.74, 6) is 0.942. The van der Waals surface area contributed by atoms with E-state index in [2.05, 4.69) is 0 Å². The number of rotatable bonds is 3. The fraction of sp³-hybridized carbons (Fsp3) is 0.250. The first-order valence-electron chi connectivity index (χ1n) is 3.81. The lowest BCUT2D eigenvalue weighted by atomic mass is 10.1. The van der Waals surface area contributed by atoms with Crippen molar-refractivity contribution >= 4 is 28.9 Å². The molecular weight excluding hydrogens is 252 g/mol. The maximum atomic E-state index is 13.4. The summed E-state index contributed by atoms with van der Waals surface area (Å²) in [6.07, 6.45) is 0. The highest BCUT2D eigenvalue weighted by Crippen LogP contribution is 2.49. The first-order chi connectivity index (χ1) is 6.80. The predicted molar refractivity (Wildman–Crippen MR) is 53.7 cm³/mol. The van der Waals surface area contributed by atoms with Gasteiger partial charge in [0.25, 0.3) is 0 Å². The van der Waals surface area contributed by atoms with Gasteiger partial charge in [-0.25, -0.2) is 4.39 Å². The normalized spacial score (nSPS) is 12.7. The number of nitrogens with one attached hydrogen (secondary N) is 1. The van der Waals surface area contributed by atoms with Crippen LogP contribution in [0.4, 0.5) is 18.9 Å². The second-order valence-electron chi connectivity index (χ2n) is 2.76. The molecule has 0 saturated heterocycles. The number of benzene rings is 1. The monoisotopic (exact) mass is 258 g/mol. The Labute approximate surface area is 94.1 Å². The van der Waals surface area contributed by atoms with Crippen LogP contribution < -0.4 is 11.3 Å². The number of hydrogen-bond acceptors (Lipinski definition) is 2. The first kappa shape index (κ1) is 12.4. The van der Waals surface area contributed by atoms with Gasteiger partial charge in [-0.3, -0.25) is 5.84 Å². The van der Waals surface area contributed by atoms with Crippen LogP contribution in [-0.4, -0.2) is 4.59 Å². The molecule has 0 radical (unpaired) electrons. The molecule has 0 saturated carbocycles. The fourth-order valence-corrected chi connectivity index (χ4v) is 1.24. The summed E-state index contributed by atoms with van der Waals surface area (Å²) in [4.78, 5) is 0. The average Bonchev–Trinajstić information content (AvgIpc) is 2.16. The van der Waals surface area contributed by atoms with E-state index in [-0.39, 0.29) is 5.69 Å². The van der Waals surface area contributed by atoms with Gasteiger partial charge in [0.15, 0.2) is 0 Å². The van der Waals surface area contributed by atoms with Gasteiger partial charge in [0.1, 0.15) is 0 Å². The Morgan fingerprint density at radius 2 is 1.67 bits per heavy atom. The zero-order chi connectivity index (χ0) is 11.7. The van der Waals surface area contributed by atoms with Gasteiger partial charge in [-0.2, -0.15) is 8.78 Å². The second-order valence-corrected chi connectivity index (χ2v) is 4.00. The molecule has 0 fully saturated rings. The van der Waals surface area contributed by atoms with Crippen molar-refractivity contribution in [3.8, 4) is 0 Å². The summed E-state index contributed by atoms with van der Waals surface area (Å²) in [6.45, 7) is 0. The van der Waals surface area contributed by atoms with Gasteiger partial charge in [0.05, 0.1) is 11.3 Å². The molecular formula is C8H7Cl2F3N2. The van der Waals surface area contributed by atoms with Crippen molar-refractivity contribution < 1.29 is 13.2 Å². The van der Waals surface area contributed by atoms with E-state index in [9.17, 15) is 13.2 Å². The molecule has 0 bridgehead atoms. The molecule has 2 nitrogen and oxygen atoms in total. The van der Waals surface area contributed by atoms with E-state index in [0.29, 0.717) is 0 Å². The van der Waals surface area contributed by atoms with Crippen molar-refractivity contribution in [1.29, 1.82) is 0 Å². The summed E-state index contributed by atoms with van der Waals surface area (Å²) in [7, 11) is 0. The highest BCUT2D eigenvalue weighted by molar-refractivity contribution is 6.47. The zero-order valence-corrected chi connectivity index (χ0v) is 8.79. The van der Waals surface area contributed by atoms with Crippen molar-refractivity contribution in [3.05, 3.63) is 29.8 Å². The summed E-state index contributed by atoms with van der Waals surface area (Å²) in [6, 6.07) is 4.98. The minimum atomic E-state index is -4.06. The van der Waals surface area contributed by atoms with E-state index in [1.165, 1.54) is 18.2 Å². The fourth-order valence-electron chi connectivity index (χ4n) is 1.04. The second kappa shape index (κ2) is 4.08. The third-order valence-corrected chi connectivity index (χ3v) is 2.25. The van der Waals surface area contributed by atoms with E-state index in [1.807, 2.05) is 5.43 Å². The van der Waals surface area contributed by atoms with Crippen molar-refractivity contribution in [1.82, 2.24) is 0 Å². The molecule has 0 heterocycles. The Morgan fingerprint density at radius 1 is 1.13 bits per heavy atom. The minimum Gasteiger partial charge on any atom is -0.324 e. The van der Waals surface area contributed by atoms with Crippen LogP contribution >= 0.6 is 23.2 Å². The van der Waals surface area contributed by atoms with Crippen LogP contribution in [0.15, 0.2) is 24.3 Å². The molecule has 3 N–H and O–H groups in total. The van der Waals surface area contributed by atoms with Crippen LogP contribution in [0.3, 0.4) is 0 Å². The van der Waals surface area contributed by atoms with Gasteiger partial charge in [0.2, 0.25) is 0 Å². The predicted octanol–water partition coefficient (Wildman–Crippen LogP) is 3.16. The smallest absolute Gasteiger partial charge is 0.324 e. The Morgan fingerprint density at radius 3 is 2.13 bits per heavy atom. The van der Waals surface area contributed by atoms with E-state index in [4.69, 9.17) is 29.0 Å². The third kappa shape index (κ3) is 2.30. The molecule has 0 atom stereocenters. The first-order valence-corrected chi connectivity index (χ1v) is 4.57. The topological polar surface area (TPSA) is 38.0 Å². The summed E-state index contributed by atoms with van der Waals surface area (Å²) < 4.78 is 35.9.